The second kappa shape index (κ2) is 5.93. The standard InChI is InChI=1S/C13H12BrFN2O/c14-12-6-11(4-5-13(12)15)18-8-10-3-1-2-9(7-16)17-10/h1-6H,7-8,16H2. The van der Waals surface area contributed by atoms with Gasteiger partial charge in [-0.05, 0) is 46.3 Å². The van der Waals surface area contributed by atoms with E-state index < -0.39 is 0 Å². The van der Waals surface area contributed by atoms with Gasteiger partial charge in [-0.1, -0.05) is 6.07 Å². The van der Waals surface area contributed by atoms with Crippen molar-refractivity contribution < 1.29 is 9.13 Å². The van der Waals surface area contributed by atoms with Crippen molar-refractivity contribution in [2.75, 3.05) is 0 Å². The third kappa shape index (κ3) is 3.27. The lowest BCUT2D eigenvalue weighted by Crippen LogP contribution is -2.04. The monoisotopic (exact) mass is 310 g/mol. The van der Waals surface area contributed by atoms with E-state index in [1.165, 1.54) is 6.07 Å². The summed E-state index contributed by atoms with van der Waals surface area (Å²) >= 11 is 3.11. The molecule has 0 atom stereocenters. The minimum Gasteiger partial charge on any atom is -0.487 e. The maximum atomic E-state index is 13.0. The molecule has 0 radical (unpaired) electrons. The third-order valence-corrected chi connectivity index (χ3v) is 2.96. The maximum Gasteiger partial charge on any atom is 0.137 e. The van der Waals surface area contributed by atoms with Gasteiger partial charge in [-0.25, -0.2) is 4.39 Å². The molecule has 0 aliphatic heterocycles. The summed E-state index contributed by atoms with van der Waals surface area (Å²) in [6.07, 6.45) is 0. The lowest BCUT2D eigenvalue weighted by molar-refractivity contribution is 0.300. The predicted octanol–water partition coefficient (Wildman–Crippen LogP) is 3.02. The number of nitrogens with zero attached hydrogens (tertiary/aromatic N) is 1. The number of benzene rings is 1. The Morgan fingerprint density at radius 2 is 2.00 bits per heavy atom. The topological polar surface area (TPSA) is 48.1 Å². The molecule has 2 N–H and O–H groups in total. The van der Waals surface area contributed by atoms with Crippen molar-refractivity contribution in [3.63, 3.8) is 0 Å². The first-order chi connectivity index (χ1) is 8.69. The molecule has 3 nitrogen and oxygen atoms in total. The van der Waals surface area contributed by atoms with E-state index in [0.717, 1.165) is 11.4 Å². The van der Waals surface area contributed by atoms with Gasteiger partial charge in [-0.2, -0.15) is 0 Å². The van der Waals surface area contributed by atoms with Crippen LogP contribution in [0.3, 0.4) is 0 Å². The average Bonchev–Trinajstić information content (AvgIpc) is 2.40. The van der Waals surface area contributed by atoms with Crippen LogP contribution in [0, 0.1) is 5.82 Å². The molecule has 0 saturated carbocycles. The lowest BCUT2D eigenvalue weighted by atomic mass is 10.3. The summed E-state index contributed by atoms with van der Waals surface area (Å²) in [5, 5.41) is 0. The van der Waals surface area contributed by atoms with E-state index >= 15 is 0 Å². The van der Waals surface area contributed by atoms with Crippen LogP contribution in [0.2, 0.25) is 0 Å². The van der Waals surface area contributed by atoms with Gasteiger partial charge >= 0.3 is 0 Å². The Bertz CT molecular complexity index is 548. The molecule has 0 unspecified atom stereocenters. The molecule has 0 saturated heterocycles. The Hall–Kier alpha value is -1.46. The Kier molecular flexibility index (Phi) is 4.28. The Balaban J connectivity index is 2.04. The minimum atomic E-state index is -0.314. The Morgan fingerprint density at radius 3 is 2.72 bits per heavy atom. The van der Waals surface area contributed by atoms with Crippen LogP contribution in [0.15, 0.2) is 40.9 Å². The minimum absolute atomic E-state index is 0.314. The maximum absolute atomic E-state index is 13.0. The van der Waals surface area contributed by atoms with Gasteiger partial charge in [0.05, 0.1) is 15.9 Å². The zero-order valence-corrected chi connectivity index (χ0v) is 11.2. The molecule has 5 heteroatoms. The summed E-state index contributed by atoms with van der Waals surface area (Å²) in [5.74, 6) is 0.272. The molecule has 1 aromatic heterocycles. The van der Waals surface area contributed by atoms with Crippen LogP contribution in [0.1, 0.15) is 11.4 Å². The fraction of sp³-hybridized carbons (Fsp3) is 0.154. The normalized spacial score (nSPS) is 10.4. The summed E-state index contributed by atoms with van der Waals surface area (Å²) in [6.45, 7) is 0.724. The van der Waals surface area contributed by atoms with Crippen molar-refractivity contribution in [2.45, 2.75) is 13.2 Å². The summed E-state index contributed by atoms with van der Waals surface area (Å²) in [6, 6.07) is 10.1. The molecular formula is C13H12BrFN2O. The molecule has 0 spiro atoms. The second-order valence-corrected chi connectivity index (χ2v) is 4.54. The van der Waals surface area contributed by atoms with Crippen LogP contribution < -0.4 is 10.5 Å². The summed E-state index contributed by atoms with van der Waals surface area (Å²) in [5.41, 5.74) is 7.12. The molecule has 94 valence electrons. The van der Waals surface area contributed by atoms with E-state index in [4.69, 9.17) is 10.5 Å². The van der Waals surface area contributed by atoms with Crippen molar-refractivity contribution in [3.05, 3.63) is 58.1 Å². The number of halogens is 2. The average molecular weight is 311 g/mol. The molecule has 1 heterocycles. The van der Waals surface area contributed by atoms with Gasteiger partial charge in [-0.3, -0.25) is 4.98 Å². The highest BCUT2D eigenvalue weighted by Crippen LogP contribution is 2.22. The van der Waals surface area contributed by atoms with Crippen molar-refractivity contribution in [1.29, 1.82) is 0 Å². The fourth-order valence-electron chi connectivity index (χ4n) is 1.45. The van der Waals surface area contributed by atoms with Crippen molar-refractivity contribution in [2.24, 2.45) is 5.73 Å². The van der Waals surface area contributed by atoms with Gasteiger partial charge in [0, 0.05) is 6.54 Å². The molecule has 2 aromatic rings. The molecule has 0 aliphatic carbocycles. The van der Waals surface area contributed by atoms with Gasteiger partial charge in [0.2, 0.25) is 0 Å². The van der Waals surface area contributed by atoms with E-state index in [1.807, 2.05) is 18.2 Å². The van der Waals surface area contributed by atoms with Gasteiger partial charge in [0.1, 0.15) is 18.2 Å². The molecule has 18 heavy (non-hydrogen) atoms. The molecular weight excluding hydrogens is 299 g/mol. The predicted molar refractivity (Wildman–Crippen MR) is 70.6 cm³/mol. The highest BCUT2D eigenvalue weighted by Gasteiger charge is 2.02. The third-order valence-electron chi connectivity index (χ3n) is 2.35. The first-order valence-corrected chi connectivity index (χ1v) is 6.21. The van der Waals surface area contributed by atoms with E-state index in [1.54, 1.807) is 12.1 Å². The molecule has 2 rings (SSSR count). The summed E-state index contributed by atoms with van der Waals surface area (Å²) < 4.78 is 18.9. The van der Waals surface area contributed by atoms with Gasteiger partial charge in [-0.15, -0.1) is 0 Å². The highest BCUT2D eigenvalue weighted by molar-refractivity contribution is 9.10. The quantitative estimate of drug-likeness (QED) is 0.944. The summed E-state index contributed by atoms with van der Waals surface area (Å²) in [7, 11) is 0. The fourth-order valence-corrected chi connectivity index (χ4v) is 1.81. The van der Waals surface area contributed by atoms with Crippen LogP contribution in [-0.4, -0.2) is 4.98 Å². The van der Waals surface area contributed by atoms with E-state index in [2.05, 4.69) is 20.9 Å². The SMILES string of the molecule is NCc1cccc(COc2ccc(F)c(Br)c2)n1. The number of rotatable bonds is 4. The number of ether oxygens (including phenoxy) is 1. The first kappa shape index (κ1) is 13.0. The Morgan fingerprint density at radius 1 is 1.22 bits per heavy atom. The van der Waals surface area contributed by atoms with Crippen LogP contribution in [0.25, 0.3) is 0 Å². The van der Waals surface area contributed by atoms with E-state index in [-0.39, 0.29) is 5.82 Å². The van der Waals surface area contributed by atoms with Gasteiger partial charge in [0.15, 0.2) is 0 Å². The number of pyridine rings is 1. The number of hydrogen-bond donors (Lipinski definition) is 1. The van der Waals surface area contributed by atoms with Gasteiger partial charge in [0.25, 0.3) is 0 Å². The smallest absolute Gasteiger partial charge is 0.137 e. The largest absolute Gasteiger partial charge is 0.487 e. The highest BCUT2D eigenvalue weighted by atomic mass is 79.9. The molecule has 0 amide bonds. The van der Waals surface area contributed by atoms with Gasteiger partial charge < -0.3 is 10.5 Å². The number of hydrogen-bond acceptors (Lipinski definition) is 3. The zero-order valence-electron chi connectivity index (χ0n) is 9.57. The zero-order chi connectivity index (χ0) is 13.0. The Labute approximate surface area is 113 Å². The van der Waals surface area contributed by atoms with Crippen LogP contribution >= 0.6 is 15.9 Å². The molecule has 0 fully saturated rings. The van der Waals surface area contributed by atoms with Crippen molar-refractivity contribution in [1.82, 2.24) is 4.98 Å². The lowest BCUT2D eigenvalue weighted by Gasteiger charge is -2.07. The number of nitrogens with two attached hydrogens (primary N) is 1. The van der Waals surface area contributed by atoms with Crippen molar-refractivity contribution >= 4 is 15.9 Å². The summed E-state index contributed by atoms with van der Waals surface area (Å²) in [4.78, 5) is 4.31. The number of aromatic nitrogens is 1. The molecule has 0 bridgehead atoms. The van der Waals surface area contributed by atoms with Crippen molar-refractivity contribution in [3.8, 4) is 5.75 Å². The van der Waals surface area contributed by atoms with Crippen LogP contribution in [0.5, 0.6) is 5.75 Å². The van der Waals surface area contributed by atoms with E-state index in [9.17, 15) is 4.39 Å². The first-order valence-electron chi connectivity index (χ1n) is 5.42. The molecule has 0 aliphatic rings. The molecule has 1 aromatic carbocycles. The van der Waals surface area contributed by atoms with Crippen LogP contribution in [0.4, 0.5) is 4.39 Å². The second-order valence-electron chi connectivity index (χ2n) is 3.69. The van der Waals surface area contributed by atoms with E-state index in [0.29, 0.717) is 23.4 Å². The van der Waals surface area contributed by atoms with Crippen LogP contribution in [-0.2, 0) is 13.2 Å².